The molecule has 0 aromatic heterocycles. The minimum atomic E-state index is -0.349. The van der Waals surface area contributed by atoms with Gasteiger partial charge in [-0.05, 0) is 11.5 Å². The molecule has 0 aliphatic rings. The minimum absolute atomic E-state index is 0.0335. The highest BCUT2D eigenvalue weighted by Crippen LogP contribution is 2.07. The van der Waals surface area contributed by atoms with Crippen molar-refractivity contribution in [2.45, 2.75) is 19.5 Å². The molecule has 1 aromatic rings. The van der Waals surface area contributed by atoms with Crippen molar-refractivity contribution in [3.63, 3.8) is 0 Å². The van der Waals surface area contributed by atoms with Crippen LogP contribution in [0.15, 0.2) is 43.0 Å². The lowest BCUT2D eigenvalue weighted by atomic mass is 10.0. The Morgan fingerprint density at radius 2 is 2.12 bits per heavy atom. The quantitative estimate of drug-likeness (QED) is 0.604. The van der Waals surface area contributed by atoms with E-state index in [0.717, 1.165) is 5.56 Å². The van der Waals surface area contributed by atoms with E-state index in [9.17, 15) is 4.79 Å². The van der Waals surface area contributed by atoms with E-state index in [4.69, 9.17) is 4.74 Å². The van der Waals surface area contributed by atoms with Crippen LogP contribution in [-0.4, -0.2) is 19.1 Å². The SMILES string of the molecule is C=CC(C)C(NCc1ccccc1)C(=O)OC. The van der Waals surface area contributed by atoms with Crippen LogP contribution >= 0.6 is 0 Å². The maximum atomic E-state index is 11.6. The largest absolute Gasteiger partial charge is 0.468 e. The van der Waals surface area contributed by atoms with E-state index in [1.54, 1.807) is 6.08 Å². The second-order valence-corrected chi connectivity index (χ2v) is 3.96. The van der Waals surface area contributed by atoms with E-state index in [1.165, 1.54) is 7.11 Å². The third-order valence-electron chi connectivity index (χ3n) is 2.72. The Bertz CT molecular complexity index is 362. The Hall–Kier alpha value is -1.61. The van der Waals surface area contributed by atoms with Crippen molar-refractivity contribution in [3.05, 3.63) is 48.6 Å². The third-order valence-corrected chi connectivity index (χ3v) is 2.72. The fourth-order valence-corrected chi connectivity index (χ4v) is 1.57. The van der Waals surface area contributed by atoms with Gasteiger partial charge in [0.05, 0.1) is 7.11 Å². The Balaban J connectivity index is 2.61. The van der Waals surface area contributed by atoms with Gasteiger partial charge in [-0.1, -0.05) is 43.3 Å². The maximum Gasteiger partial charge on any atom is 0.323 e. The molecule has 1 aromatic carbocycles. The fraction of sp³-hybridized carbons (Fsp3) is 0.357. The van der Waals surface area contributed by atoms with E-state index in [0.29, 0.717) is 6.54 Å². The van der Waals surface area contributed by atoms with Gasteiger partial charge in [-0.2, -0.15) is 0 Å². The van der Waals surface area contributed by atoms with Crippen LogP contribution in [0.25, 0.3) is 0 Å². The summed E-state index contributed by atoms with van der Waals surface area (Å²) in [5.41, 5.74) is 1.14. The summed E-state index contributed by atoms with van der Waals surface area (Å²) in [7, 11) is 1.40. The molecule has 0 saturated heterocycles. The summed E-state index contributed by atoms with van der Waals surface area (Å²) in [5, 5.41) is 3.19. The molecule has 0 saturated carbocycles. The summed E-state index contributed by atoms with van der Waals surface area (Å²) in [6, 6.07) is 9.59. The lowest BCUT2D eigenvalue weighted by Gasteiger charge is -2.20. The van der Waals surface area contributed by atoms with Crippen LogP contribution in [0.5, 0.6) is 0 Å². The smallest absolute Gasteiger partial charge is 0.323 e. The normalized spacial score (nSPS) is 13.8. The van der Waals surface area contributed by atoms with Gasteiger partial charge in [0.2, 0.25) is 0 Å². The van der Waals surface area contributed by atoms with Crippen LogP contribution < -0.4 is 5.32 Å². The predicted octanol–water partition coefficient (Wildman–Crippen LogP) is 2.14. The molecule has 0 radical (unpaired) electrons. The molecule has 0 bridgehead atoms. The molecule has 17 heavy (non-hydrogen) atoms. The zero-order valence-corrected chi connectivity index (χ0v) is 10.3. The van der Waals surface area contributed by atoms with Crippen molar-refractivity contribution < 1.29 is 9.53 Å². The van der Waals surface area contributed by atoms with Gasteiger partial charge >= 0.3 is 5.97 Å². The first-order chi connectivity index (χ1) is 8.19. The van der Waals surface area contributed by atoms with Gasteiger partial charge in [-0.25, -0.2) is 0 Å². The average Bonchev–Trinajstić information content (AvgIpc) is 2.39. The Morgan fingerprint density at radius 1 is 1.47 bits per heavy atom. The molecule has 2 unspecified atom stereocenters. The maximum absolute atomic E-state index is 11.6. The first-order valence-corrected chi connectivity index (χ1v) is 5.66. The number of carbonyl (C=O) groups excluding carboxylic acids is 1. The molecule has 2 atom stereocenters. The zero-order valence-electron chi connectivity index (χ0n) is 10.3. The molecule has 1 N–H and O–H groups in total. The fourth-order valence-electron chi connectivity index (χ4n) is 1.57. The second-order valence-electron chi connectivity index (χ2n) is 3.96. The lowest BCUT2D eigenvalue weighted by Crippen LogP contribution is -2.41. The molecular weight excluding hydrogens is 214 g/mol. The molecule has 0 heterocycles. The standard InChI is InChI=1S/C14H19NO2/c1-4-11(2)13(14(16)17-3)15-10-12-8-6-5-7-9-12/h4-9,11,13,15H,1,10H2,2-3H3. The van der Waals surface area contributed by atoms with Crippen molar-refractivity contribution in [1.82, 2.24) is 5.32 Å². The first kappa shape index (κ1) is 13.5. The van der Waals surface area contributed by atoms with Crippen LogP contribution in [0, 0.1) is 5.92 Å². The van der Waals surface area contributed by atoms with Gasteiger partial charge in [0, 0.05) is 6.54 Å². The van der Waals surface area contributed by atoms with Gasteiger partial charge < -0.3 is 4.74 Å². The summed E-state index contributed by atoms with van der Waals surface area (Å²) in [6.45, 7) is 6.28. The topological polar surface area (TPSA) is 38.3 Å². The number of benzene rings is 1. The number of hydrogen-bond acceptors (Lipinski definition) is 3. The Kier molecular flexibility index (Phi) is 5.43. The highest BCUT2D eigenvalue weighted by molar-refractivity contribution is 5.76. The van der Waals surface area contributed by atoms with E-state index >= 15 is 0 Å². The number of esters is 1. The van der Waals surface area contributed by atoms with Crippen LogP contribution in [-0.2, 0) is 16.1 Å². The highest BCUT2D eigenvalue weighted by atomic mass is 16.5. The summed E-state index contributed by atoms with van der Waals surface area (Å²) >= 11 is 0. The zero-order chi connectivity index (χ0) is 12.7. The summed E-state index contributed by atoms with van der Waals surface area (Å²) in [6.07, 6.45) is 1.75. The molecule has 0 amide bonds. The monoisotopic (exact) mass is 233 g/mol. The molecule has 92 valence electrons. The molecule has 0 aliphatic heterocycles. The van der Waals surface area contributed by atoms with Crippen molar-refractivity contribution >= 4 is 5.97 Å². The van der Waals surface area contributed by atoms with E-state index in [1.807, 2.05) is 37.3 Å². The third kappa shape index (κ3) is 4.04. The molecule has 3 heteroatoms. The number of ether oxygens (including phenoxy) is 1. The number of rotatable bonds is 6. The molecule has 0 spiro atoms. The summed E-state index contributed by atoms with van der Waals surface area (Å²) in [5.74, 6) is -0.223. The van der Waals surface area contributed by atoms with Crippen LogP contribution in [0.4, 0.5) is 0 Å². The number of carbonyl (C=O) groups is 1. The van der Waals surface area contributed by atoms with Gasteiger partial charge in [0.1, 0.15) is 6.04 Å². The van der Waals surface area contributed by atoms with Crippen molar-refractivity contribution in [1.29, 1.82) is 0 Å². The number of hydrogen-bond donors (Lipinski definition) is 1. The Morgan fingerprint density at radius 3 is 2.65 bits per heavy atom. The second kappa shape index (κ2) is 6.86. The van der Waals surface area contributed by atoms with E-state index in [2.05, 4.69) is 11.9 Å². The van der Waals surface area contributed by atoms with Crippen molar-refractivity contribution in [2.75, 3.05) is 7.11 Å². The molecule has 0 aliphatic carbocycles. The molecule has 0 fully saturated rings. The minimum Gasteiger partial charge on any atom is -0.468 e. The van der Waals surface area contributed by atoms with Gasteiger partial charge in [0.25, 0.3) is 0 Å². The van der Waals surface area contributed by atoms with Crippen LogP contribution in [0.2, 0.25) is 0 Å². The lowest BCUT2D eigenvalue weighted by molar-refractivity contribution is -0.144. The molecule has 3 nitrogen and oxygen atoms in total. The summed E-state index contributed by atoms with van der Waals surface area (Å²) < 4.78 is 4.77. The number of nitrogens with one attached hydrogen (secondary N) is 1. The number of methoxy groups -OCH3 is 1. The van der Waals surface area contributed by atoms with Crippen LogP contribution in [0.3, 0.4) is 0 Å². The first-order valence-electron chi connectivity index (χ1n) is 5.66. The predicted molar refractivity (Wildman–Crippen MR) is 68.4 cm³/mol. The van der Waals surface area contributed by atoms with E-state index in [-0.39, 0.29) is 17.9 Å². The van der Waals surface area contributed by atoms with Crippen molar-refractivity contribution in [2.24, 2.45) is 5.92 Å². The van der Waals surface area contributed by atoms with Crippen LogP contribution in [0.1, 0.15) is 12.5 Å². The van der Waals surface area contributed by atoms with Gasteiger partial charge in [-0.3, -0.25) is 10.1 Å². The van der Waals surface area contributed by atoms with Gasteiger partial charge in [-0.15, -0.1) is 6.58 Å². The molecule has 1 rings (SSSR count). The van der Waals surface area contributed by atoms with Crippen molar-refractivity contribution in [3.8, 4) is 0 Å². The summed E-state index contributed by atoms with van der Waals surface area (Å²) in [4.78, 5) is 11.6. The molecular formula is C14H19NO2. The Labute approximate surface area is 102 Å². The van der Waals surface area contributed by atoms with Gasteiger partial charge in [0.15, 0.2) is 0 Å². The van der Waals surface area contributed by atoms with E-state index < -0.39 is 0 Å². The average molecular weight is 233 g/mol. The highest BCUT2D eigenvalue weighted by Gasteiger charge is 2.23.